The zero-order valence-corrected chi connectivity index (χ0v) is 34.8. The van der Waals surface area contributed by atoms with Crippen molar-refractivity contribution in [2.24, 2.45) is 17.6 Å². The fourth-order valence-electron chi connectivity index (χ4n) is 6.70. The molecule has 310 valence electrons. The number of methoxy groups -OCH3 is 1. The highest BCUT2D eigenvalue weighted by molar-refractivity contribution is 5.85. The predicted molar refractivity (Wildman–Crippen MR) is 213 cm³/mol. The number of amides is 2. The highest BCUT2D eigenvalue weighted by atomic mass is 16.5. The average molecular weight is 753 g/mol. The van der Waals surface area contributed by atoms with E-state index in [0.717, 1.165) is 56.8 Å². The maximum Gasteiger partial charge on any atom is 0.328 e. The molecule has 0 aromatic carbocycles. The van der Waals surface area contributed by atoms with Crippen LogP contribution in [0.1, 0.15) is 208 Å². The number of esters is 3. The highest BCUT2D eigenvalue weighted by Crippen LogP contribution is 2.19. The van der Waals surface area contributed by atoms with E-state index in [-0.39, 0.29) is 32.1 Å². The molecule has 0 heterocycles. The molecule has 0 aromatic heterocycles. The van der Waals surface area contributed by atoms with Gasteiger partial charge in [0.1, 0.15) is 18.2 Å². The largest absolute Gasteiger partial charge is 0.469 e. The lowest BCUT2D eigenvalue weighted by atomic mass is 10.0. The zero-order valence-electron chi connectivity index (χ0n) is 34.8. The summed E-state index contributed by atoms with van der Waals surface area (Å²) in [6, 6.07) is -1.04. The van der Waals surface area contributed by atoms with Crippen molar-refractivity contribution >= 4 is 29.7 Å². The minimum Gasteiger partial charge on any atom is -0.469 e. The fraction of sp³-hybridized carbons (Fsp3) is 0.884. The maximum atomic E-state index is 13.4. The van der Waals surface area contributed by atoms with Gasteiger partial charge in [0.15, 0.2) is 0 Å². The number of nitrogens with two attached hydrogens (primary N) is 1. The molecule has 2 amide bonds. The van der Waals surface area contributed by atoms with E-state index in [4.69, 9.17) is 19.9 Å². The molecule has 1 unspecified atom stereocenters. The molecule has 0 fully saturated rings. The Kier molecular flexibility index (Phi) is 32.2. The molecule has 0 bridgehead atoms. The molecule has 53 heavy (non-hydrogen) atoms. The Labute approximate surface area is 323 Å². The lowest BCUT2D eigenvalue weighted by Gasteiger charge is -2.23. The third kappa shape index (κ3) is 33.6. The van der Waals surface area contributed by atoms with E-state index >= 15 is 0 Å². The van der Waals surface area contributed by atoms with Crippen LogP contribution in [0.5, 0.6) is 0 Å². The van der Waals surface area contributed by atoms with Crippen molar-refractivity contribution in [3.05, 3.63) is 0 Å². The minimum absolute atomic E-state index is 0.0764. The van der Waals surface area contributed by atoms with Gasteiger partial charge < -0.3 is 25.3 Å². The third-order valence-corrected chi connectivity index (χ3v) is 9.79. The van der Waals surface area contributed by atoms with Gasteiger partial charge in [-0.25, -0.2) is 4.79 Å². The van der Waals surface area contributed by atoms with Crippen molar-refractivity contribution in [1.29, 1.82) is 0 Å². The van der Waals surface area contributed by atoms with Gasteiger partial charge in [0.25, 0.3) is 0 Å². The Morgan fingerprint density at radius 3 is 1.30 bits per heavy atom. The second kappa shape index (κ2) is 33.9. The molecule has 0 saturated heterocycles. The van der Waals surface area contributed by atoms with Crippen LogP contribution in [0.4, 0.5) is 0 Å². The van der Waals surface area contributed by atoms with Gasteiger partial charge in [-0.3, -0.25) is 19.2 Å². The standard InChI is InChI=1S/C43H80N2O8/c1-34(2)26-21-17-13-9-7-11-15-19-23-28-37(32-40(44)47)53-43(50)39(30-25-31-42(49)51-6)45-41(48)33-38(52-36(5)46)29-24-20-16-12-8-10-14-18-22-27-35(3)4/h34-35,37-39H,7-33H2,1-6H3,(H2,44,47)(H,45,48)/t37-,38-,39?/m0/s1. The van der Waals surface area contributed by atoms with Gasteiger partial charge in [-0.15, -0.1) is 0 Å². The van der Waals surface area contributed by atoms with E-state index < -0.39 is 48.0 Å². The number of unbranched alkanes of at least 4 members (excludes halogenated alkanes) is 16. The number of ether oxygens (including phenoxy) is 3. The summed E-state index contributed by atoms with van der Waals surface area (Å²) in [6.07, 6.45) is 23.5. The number of carbonyl (C=O) groups excluding carboxylic acids is 5. The Hall–Kier alpha value is -2.65. The van der Waals surface area contributed by atoms with Gasteiger partial charge in [0.05, 0.1) is 20.0 Å². The van der Waals surface area contributed by atoms with Crippen molar-refractivity contribution in [2.75, 3.05) is 7.11 Å². The van der Waals surface area contributed by atoms with Gasteiger partial charge >= 0.3 is 17.9 Å². The molecule has 0 saturated carbocycles. The number of primary amides is 1. The Bertz CT molecular complexity index is 970. The van der Waals surface area contributed by atoms with Crippen LogP contribution in [0.25, 0.3) is 0 Å². The SMILES string of the molecule is COC(=O)CCCC(NC(=O)C[C@H](CCCCCCCCCCCC(C)C)OC(C)=O)C(=O)O[C@@H](CCCCCCCCCCCC(C)C)CC(N)=O. The van der Waals surface area contributed by atoms with Gasteiger partial charge in [0, 0.05) is 13.3 Å². The van der Waals surface area contributed by atoms with E-state index in [1.54, 1.807) is 0 Å². The van der Waals surface area contributed by atoms with Crippen LogP contribution in [0.15, 0.2) is 0 Å². The summed E-state index contributed by atoms with van der Waals surface area (Å²) < 4.78 is 16.0. The molecule has 0 rings (SSSR count). The number of nitrogens with one attached hydrogen (secondary N) is 1. The summed E-state index contributed by atoms with van der Waals surface area (Å²) in [4.78, 5) is 62.1. The van der Waals surface area contributed by atoms with Crippen LogP contribution in [0.2, 0.25) is 0 Å². The quantitative estimate of drug-likeness (QED) is 0.0365. The molecule has 0 aliphatic rings. The number of hydrogen-bond donors (Lipinski definition) is 2. The van der Waals surface area contributed by atoms with Gasteiger partial charge in [-0.1, -0.05) is 143 Å². The summed E-state index contributed by atoms with van der Waals surface area (Å²) >= 11 is 0. The van der Waals surface area contributed by atoms with Crippen molar-refractivity contribution in [1.82, 2.24) is 5.32 Å². The molecule has 0 spiro atoms. The van der Waals surface area contributed by atoms with Crippen LogP contribution in [-0.4, -0.2) is 55.1 Å². The van der Waals surface area contributed by atoms with Crippen LogP contribution in [0.3, 0.4) is 0 Å². The zero-order chi connectivity index (χ0) is 39.7. The van der Waals surface area contributed by atoms with Crippen LogP contribution < -0.4 is 11.1 Å². The smallest absolute Gasteiger partial charge is 0.328 e. The second-order valence-electron chi connectivity index (χ2n) is 16.1. The number of hydrogen-bond acceptors (Lipinski definition) is 8. The molecule has 10 nitrogen and oxygen atoms in total. The molecule has 0 aliphatic heterocycles. The fourth-order valence-corrected chi connectivity index (χ4v) is 6.70. The van der Waals surface area contributed by atoms with Crippen molar-refractivity contribution in [3.63, 3.8) is 0 Å². The molecule has 3 N–H and O–H groups in total. The van der Waals surface area contributed by atoms with Crippen molar-refractivity contribution in [3.8, 4) is 0 Å². The van der Waals surface area contributed by atoms with E-state index in [9.17, 15) is 24.0 Å². The second-order valence-corrected chi connectivity index (χ2v) is 16.1. The topological polar surface area (TPSA) is 151 Å². The average Bonchev–Trinajstić information content (AvgIpc) is 3.07. The van der Waals surface area contributed by atoms with Gasteiger partial charge in [-0.05, 0) is 50.4 Å². The van der Waals surface area contributed by atoms with E-state index in [0.29, 0.717) is 12.8 Å². The monoisotopic (exact) mass is 753 g/mol. The Morgan fingerprint density at radius 2 is 0.925 bits per heavy atom. The van der Waals surface area contributed by atoms with Crippen LogP contribution >= 0.6 is 0 Å². The van der Waals surface area contributed by atoms with Crippen molar-refractivity contribution < 1.29 is 38.2 Å². The number of carbonyl (C=O) groups is 5. The normalized spacial score (nSPS) is 13.1. The lowest BCUT2D eigenvalue weighted by molar-refractivity contribution is -0.156. The lowest BCUT2D eigenvalue weighted by Crippen LogP contribution is -2.44. The van der Waals surface area contributed by atoms with Crippen LogP contribution in [0, 0.1) is 11.8 Å². The summed E-state index contributed by atoms with van der Waals surface area (Å²) in [7, 11) is 1.30. The van der Waals surface area contributed by atoms with Gasteiger partial charge in [0.2, 0.25) is 11.8 Å². The van der Waals surface area contributed by atoms with Crippen molar-refractivity contribution in [2.45, 2.75) is 226 Å². The molecular weight excluding hydrogens is 672 g/mol. The highest BCUT2D eigenvalue weighted by Gasteiger charge is 2.28. The van der Waals surface area contributed by atoms with Crippen LogP contribution in [-0.2, 0) is 38.2 Å². The summed E-state index contributed by atoms with van der Waals surface area (Å²) in [5.74, 6) is -1.01. The van der Waals surface area contributed by atoms with Gasteiger partial charge in [-0.2, -0.15) is 0 Å². The first kappa shape index (κ1) is 50.4. The Balaban J connectivity index is 4.94. The van der Waals surface area contributed by atoms with E-state index in [2.05, 4.69) is 33.0 Å². The van der Waals surface area contributed by atoms with E-state index in [1.807, 2.05) is 0 Å². The molecule has 0 aromatic rings. The minimum atomic E-state index is -1.04. The molecule has 0 radical (unpaired) electrons. The first-order valence-electron chi connectivity index (χ1n) is 21.4. The first-order chi connectivity index (χ1) is 25.3. The third-order valence-electron chi connectivity index (χ3n) is 9.79. The summed E-state index contributed by atoms with van der Waals surface area (Å²) in [6.45, 7) is 10.4. The Morgan fingerprint density at radius 1 is 0.528 bits per heavy atom. The molecular formula is C43H80N2O8. The number of rotatable bonds is 36. The molecule has 10 heteroatoms. The van der Waals surface area contributed by atoms with E-state index in [1.165, 1.54) is 97.5 Å². The maximum absolute atomic E-state index is 13.4. The first-order valence-corrected chi connectivity index (χ1v) is 21.4. The molecule has 3 atom stereocenters. The summed E-state index contributed by atoms with van der Waals surface area (Å²) in [5, 5.41) is 2.76. The molecule has 0 aliphatic carbocycles. The predicted octanol–water partition coefficient (Wildman–Crippen LogP) is 9.82. The summed E-state index contributed by atoms with van der Waals surface area (Å²) in [5.41, 5.74) is 5.50.